The molecule has 0 saturated heterocycles. The van der Waals surface area contributed by atoms with Crippen molar-refractivity contribution < 1.29 is 19.1 Å². The highest BCUT2D eigenvalue weighted by Crippen LogP contribution is 2.22. The van der Waals surface area contributed by atoms with Crippen LogP contribution in [0.1, 0.15) is 39.4 Å². The molecule has 0 fully saturated rings. The highest BCUT2D eigenvalue weighted by atomic mass is 16.5. The lowest BCUT2D eigenvalue weighted by Gasteiger charge is -2.21. The lowest BCUT2D eigenvalue weighted by atomic mass is 10.1. The summed E-state index contributed by atoms with van der Waals surface area (Å²) in [6, 6.07) is 10.3. The van der Waals surface area contributed by atoms with E-state index in [0.717, 1.165) is 0 Å². The molecule has 0 saturated carbocycles. The molecule has 0 spiro atoms. The average molecular weight is 328 g/mol. The van der Waals surface area contributed by atoms with Gasteiger partial charge in [-0.25, -0.2) is 4.79 Å². The van der Waals surface area contributed by atoms with Crippen LogP contribution >= 0.6 is 0 Å². The van der Waals surface area contributed by atoms with Gasteiger partial charge in [0.15, 0.2) is 5.78 Å². The molecule has 6 heteroatoms. The molecule has 1 atom stereocenters. The highest BCUT2D eigenvalue weighted by Gasteiger charge is 2.28. The minimum atomic E-state index is -1.04. The summed E-state index contributed by atoms with van der Waals surface area (Å²) in [6.45, 7) is 1.42. The quantitative estimate of drug-likeness (QED) is 0.623. The maximum atomic E-state index is 12.5. The zero-order valence-electron chi connectivity index (χ0n) is 14.1. The SMILES string of the molecule is CC(=O)c1cc(C(=O)O[C@@H](C(=O)N(C)C)c2ccccc2)n(C)c1. The van der Waals surface area contributed by atoms with E-state index >= 15 is 0 Å². The molecule has 2 aromatic rings. The number of aryl methyl sites for hydroxylation is 1. The minimum Gasteiger partial charge on any atom is -0.443 e. The van der Waals surface area contributed by atoms with Gasteiger partial charge in [0, 0.05) is 38.5 Å². The molecule has 0 aliphatic rings. The van der Waals surface area contributed by atoms with Crippen molar-refractivity contribution in [3.05, 3.63) is 59.4 Å². The van der Waals surface area contributed by atoms with E-state index in [9.17, 15) is 14.4 Å². The largest absolute Gasteiger partial charge is 0.443 e. The van der Waals surface area contributed by atoms with Gasteiger partial charge in [0.25, 0.3) is 5.91 Å². The summed E-state index contributed by atoms with van der Waals surface area (Å²) in [5.74, 6) is -1.14. The number of hydrogen-bond donors (Lipinski definition) is 0. The fourth-order valence-corrected chi connectivity index (χ4v) is 2.25. The van der Waals surface area contributed by atoms with Gasteiger partial charge in [0.05, 0.1) is 0 Å². The van der Waals surface area contributed by atoms with E-state index in [1.807, 2.05) is 6.07 Å². The molecule has 0 radical (unpaired) electrons. The number of amides is 1. The van der Waals surface area contributed by atoms with E-state index in [-0.39, 0.29) is 17.4 Å². The fraction of sp³-hybridized carbons (Fsp3) is 0.278. The lowest BCUT2D eigenvalue weighted by Crippen LogP contribution is -2.31. The van der Waals surface area contributed by atoms with Crippen molar-refractivity contribution in [1.82, 2.24) is 9.47 Å². The number of rotatable bonds is 5. The van der Waals surface area contributed by atoms with Crippen molar-refractivity contribution in [2.75, 3.05) is 14.1 Å². The summed E-state index contributed by atoms with van der Waals surface area (Å²) >= 11 is 0. The normalized spacial score (nSPS) is 11.7. The summed E-state index contributed by atoms with van der Waals surface area (Å²) in [5, 5.41) is 0. The Morgan fingerprint density at radius 3 is 2.25 bits per heavy atom. The topological polar surface area (TPSA) is 68.6 Å². The number of benzene rings is 1. The van der Waals surface area contributed by atoms with Crippen molar-refractivity contribution in [1.29, 1.82) is 0 Å². The molecule has 0 aliphatic carbocycles. The highest BCUT2D eigenvalue weighted by molar-refractivity contribution is 5.98. The van der Waals surface area contributed by atoms with Crippen LogP contribution in [0.25, 0.3) is 0 Å². The molecule has 1 aromatic carbocycles. The molecule has 1 aromatic heterocycles. The van der Waals surface area contributed by atoms with Crippen LogP contribution in [0, 0.1) is 0 Å². The Bertz CT molecular complexity index is 763. The number of esters is 1. The molecular formula is C18H20N2O4. The van der Waals surface area contributed by atoms with E-state index in [1.54, 1.807) is 51.6 Å². The smallest absolute Gasteiger partial charge is 0.356 e. The van der Waals surface area contributed by atoms with Crippen LogP contribution in [-0.2, 0) is 16.6 Å². The van der Waals surface area contributed by atoms with Crippen molar-refractivity contribution in [3.8, 4) is 0 Å². The molecule has 0 N–H and O–H groups in total. The molecule has 0 aliphatic heterocycles. The molecule has 2 rings (SSSR count). The maximum absolute atomic E-state index is 12.5. The van der Waals surface area contributed by atoms with Crippen molar-refractivity contribution in [2.45, 2.75) is 13.0 Å². The first-order valence-electron chi connectivity index (χ1n) is 7.45. The zero-order valence-corrected chi connectivity index (χ0v) is 14.1. The van der Waals surface area contributed by atoms with E-state index in [0.29, 0.717) is 11.1 Å². The number of carbonyl (C=O) groups excluding carboxylic acids is 3. The van der Waals surface area contributed by atoms with E-state index in [2.05, 4.69) is 0 Å². The van der Waals surface area contributed by atoms with Crippen LogP contribution in [-0.4, -0.2) is 41.2 Å². The monoisotopic (exact) mass is 328 g/mol. The Morgan fingerprint density at radius 1 is 1.12 bits per heavy atom. The van der Waals surface area contributed by atoms with Crippen LogP contribution in [0.2, 0.25) is 0 Å². The van der Waals surface area contributed by atoms with Crippen molar-refractivity contribution in [3.63, 3.8) is 0 Å². The van der Waals surface area contributed by atoms with E-state index in [4.69, 9.17) is 4.74 Å². The van der Waals surface area contributed by atoms with Gasteiger partial charge in [-0.2, -0.15) is 0 Å². The summed E-state index contributed by atoms with van der Waals surface area (Å²) < 4.78 is 6.97. The molecule has 6 nitrogen and oxygen atoms in total. The number of ether oxygens (including phenoxy) is 1. The molecule has 1 heterocycles. The average Bonchev–Trinajstić information content (AvgIpc) is 2.94. The Labute approximate surface area is 140 Å². The van der Waals surface area contributed by atoms with Gasteiger partial charge >= 0.3 is 5.97 Å². The number of aromatic nitrogens is 1. The van der Waals surface area contributed by atoms with Gasteiger partial charge in [-0.3, -0.25) is 9.59 Å². The second-order valence-corrected chi connectivity index (χ2v) is 5.71. The van der Waals surface area contributed by atoms with E-state index < -0.39 is 12.1 Å². The Hall–Kier alpha value is -2.89. The van der Waals surface area contributed by atoms with Gasteiger partial charge in [0.2, 0.25) is 6.10 Å². The first-order valence-corrected chi connectivity index (χ1v) is 7.45. The maximum Gasteiger partial charge on any atom is 0.356 e. The number of nitrogens with zero attached hydrogens (tertiary/aromatic N) is 2. The molecule has 1 amide bonds. The van der Waals surface area contributed by atoms with E-state index in [1.165, 1.54) is 22.5 Å². The standard InChI is InChI=1S/C18H20N2O4/c1-12(21)14-10-15(20(4)11-14)18(23)24-16(17(22)19(2)3)13-8-6-5-7-9-13/h5-11,16H,1-4H3/t16-/m1/s1. The van der Waals surface area contributed by atoms with Crippen LogP contribution in [0.4, 0.5) is 0 Å². The zero-order chi connectivity index (χ0) is 17.9. The van der Waals surface area contributed by atoms with Crippen molar-refractivity contribution >= 4 is 17.7 Å². The third-order valence-corrected chi connectivity index (χ3v) is 3.61. The third kappa shape index (κ3) is 3.71. The summed E-state index contributed by atoms with van der Waals surface area (Å²) in [4.78, 5) is 37.7. The van der Waals surface area contributed by atoms with Gasteiger partial charge in [-0.15, -0.1) is 0 Å². The predicted molar refractivity (Wildman–Crippen MR) is 88.7 cm³/mol. The molecule has 0 bridgehead atoms. The number of carbonyl (C=O) groups is 3. The van der Waals surface area contributed by atoms with Crippen LogP contribution in [0.15, 0.2) is 42.6 Å². The Balaban J connectivity index is 2.31. The summed E-state index contributed by atoms with van der Waals surface area (Å²) in [5.41, 5.74) is 1.22. The first kappa shape index (κ1) is 17.5. The van der Waals surface area contributed by atoms with Gasteiger partial charge in [-0.1, -0.05) is 30.3 Å². The van der Waals surface area contributed by atoms with Crippen LogP contribution in [0.5, 0.6) is 0 Å². The first-order chi connectivity index (χ1) is 11.3. The number of ketones is 1. The third-order valence-electron chi connectivity index (χ3n) is 3.61. The second-order valence-electron chi connectivity index (χ2n) is 5.71. The molecule has 0 unspecified atom stereocenters. The molecular weight excluding hydrogens is 308 g/mol. The lowest BCUT2D eigenvalue weighted by molar-refractivity contribution is -0.138. The minimum absolute atomic E-state index is 0.145. The second kappa shape index (κ2) is 7.12. The summed E-state index contributed by atoms with van der Waals surface area (Å²) in [6.07, 6.45) is 0.522. The Kier molecular flexibility index (Phi) is 5.18. The predicted octanol–water partition coefficient (Wildman–Crippen LogP) is 2.21. The summed E-state index contributed by atoms with van der Waals surface area (Å²) in [7, 11) is 4.85. The van der Waals surface area contributed by atoms with Crippen LogP contribution < -0.4 is 0 Å². The van der Waals surface area contributed by atoms with Gasteiger partial charge in [-0.05, 0) is 13.0 Å². The Morgan fingerprint density at radius 2 is 1.75 bits per heavy atom. The fourth-order valence-electron chi connectivity index (χ4n) is 2.25. The van der Waals surface area contributed by atoms with Gasteiger partial charge in [0.1, 0.15) is 5.69 Å². The number of likely N-dealkylation sites (N-methyl/N-ethyl adjacent to an activating group) is 1. The number of hydrogen-bond acceptors (Lipinski definition) is 4. The number of Topliss-reactive ketones (excluding diaryl/α,β-unsaturated/α-hetero) is 1. The molecule has 24 heavy (non-hydrogen) atoms. The molecule has 126 valence electrons. The van der Waals surface area contributed by atoms with Crippen LogP contribution in [0.3, 0.4) is 0 Å². The van der Waals surface area contributed by atoms with Crippen molar-refractivity contribution in [2.24, 2.45) is 7.05 Å². The van der Waals surface area contributed by atoms with Gasteiger partial charge < -0.3 is 14.2 Å².